The zero-order chi connectivity index (χ0) is 14.9. The summed E-state index contributed by atoms with van der Waals surface area (Å²) < 4.78 is 0.609. The molecule has 1 saturated carbocycles. The van der Waals surface area contributed by atoms with E-state index in [1.165, 1.54) is 12.1 Å². The zero-order valence-corrected chi connectivity index (χ0v) is 13.2. The van der Waals surface area contributed by atoms with E-state index in [2.05, 4.69) is 15.9 Å². The quantitative estimate of drug-likeness (QED) is 0.912. The Morgan fingerprint density at radius 1 is 1.25 bits per heavy atom. The number of rotatable bonds is 4. The Balaban J connectivity index is 2.33. The Labute approximate surface area is 126 Å². The average Bonchev–Trinajstić information content (AvgIpc) is 2.31. The number of nitrogens with zero attached hydrogens (tertiary/aromatic N) is 1. The van der Waals surface area contributed by atoms with Crippen molar-refractivity contribution < 1.29 is 14.7 Å². The van der Waals surface area contributed by atoms with Gasteiger partial charge in [0.15, 0.2) is 0 Å². The van der Waals surface area contributed by atoms with Gasteiger partial charge in [-0.15, -0.1) is 0 Å². The minimum Gasteiger partial charge on any atom is -0.478 e. The van der Waals surface area contributed by atoms with Crippen LogP contribution in [0.5, 0.6) is 0 Å². The molecule has 1 amide bonds. The molecule has 0 atom stereocenters. The summed E-state index contributed by atoms with van der Waals surface area (Å²) in [7, 11) is 0. The minimum atomic E-state index is -1.03. The number of carboxylic acids is 1. The van der Waals surface area contributed by atoms with Crippen molar-refractivity contribution in [1.29, 1.82) is 0 Å². The Morgan fingerprint density at radius 2 is 1.85 bits per heavy atom. The fourth-order valence-corrected chi connectivity index (χ4v) is 2.97. The van der Waals surface area contributed by atoms with Gasteiger partial charge in [0.2, 0.25) is 0 Å². The normalized spacial score (nSPS) is 15.0. The lowest BCUT2D eigenvalue weighted by Crippen LogP contribution is -2.48. The molecule has 1 aromatic rings. The van der Waals surface area contributed by atoms with E-state index in [1.54, 1.807) is 6.07 Å². The van der Waals surface area contributed by atoms with Crippen molar-refractivity contribution in [2.45, 2.75) is 45.2 Å². The number of hydrogen-bond acceptors (Lipinski definition) is 2. The van der Waals surface area contributed by atoms with Gasteiger partial charge in [0.1, 0.15) is 0 Å². The fourth-order valence-electron chi connectivity index (χ4n) is 2.47. The molecule has 1 aliphatic carbocycles. The van der Waals surface area contributed by atoms with Crippen LogP contribution in [-0.2, 0) is 0 Å². The zero-order valence-electron chi connectivity index (χ0n) is 11.6. The van der Waals surface area contributed by atoms with Gasteiger partial charge >= 0.3 is 5.97 Å². The second-order valence-corrected chi connectivity index (χ2v) is 6.34. The van der Waals surface area contributed by atoms with Gasteiger partial charge in [-0.2, -0.15) is 0 Å². The number of halogens is 1. The first-order valence-electron chi connectivity index (χ1n) is 6.76. The topological polar surface area (TPSA) is 57.6 Å². The summed E-state index contributed by atoms with van der Waals surface area (Å²) in [6.07, 6.45) is 3.22. The van der Waals surface area contributed by atoms with E-state index in [-0.39, 0.29) is 23.6 Å². The number of carbonyl (C=O) groups is 2. The van der Waals surface area contributed by atoms with Crippen LogP contribution in [0.2, 0.25) is 0 Å². The molecule has 0 saturated heterocycles. The Morgan fingerprint density at radius 3 is 2.30 bits per heavy atom. The Bertz CT molecular complexity index is 538. The van der Waals surface area contributed by atoms with Gasteiger partial charge in [0.25, 0.3) is 5.91 Å². The van der Waals surface area contributed by atoms with Gasteiger partial charge in [-0.1, -0.05) is 15.9 Å². The predicted molar refractivity (Wildman–Crippen MR) is 80.0 cm³/mol. The monoisotopic (exact) mass is 339 g/mol. The first-order valence-corrected chi connectivity index (χ1v) is 7.56. The van der Waals surface area contributed by atoms with E-state index in [0.717, 1.165) is 19.3 Å². The van der Waals surface area contributed by atoms with Crippen molar-refractivity contribution in [2.24, 2.45) is 0 Å². The largest absolute Gasteiger partial charge is 0.478 e. The number of aromatic carboxylic acids is 1. The van der Waals surface area contributed by atoms with E-state index < -0.39 is 5.97 Å². The highest BCUT2D eigenvalue weighted by Gasteiger charge is 2.31. The molecule has 0 aliphatic heterocycles. The second-order valence-electron chi connectivity index (χ2n) is 5.42. The second kappa shape index (κ2) is 5.95. The van der Waals surface area contributed by atoms with Gasteiger partial charge in [0, 0.05) is 22.1 Å². The molecule has 1 N–H and O–H groups in total. The molecule has 0 spiro atoms. The molecular formula is C15H18BrNO3. The lowest BCUT2D eigenvalue weighted by molar-refractivity contribution is 0.0489. The summed E-state index contributed by atoms with van der Waals surface area (Å²) in [6.45, 7) is 3.98. The first kappa shape index (κ1) is 15.0. The van der Waals surface area contributed by atoms with Crippen molar-refractivity contribution in [2.75, 3.05) is 0 Å². The molecule has 1 fully saturated rings. The lowest BCUT2D eigenvalue weighted by Gasteiger charge is -2.40. The summed E-state index contributed by atoms with van der Waals surface area (Å²) in [5.74, 6) is -1.12. The molecule has 0 heterocycles. The molecular weight excluding hydrogens is 322 g/mol. The standard InChI is InChI=1S/C15H18BrNO3/c1-9(2)17(13-4-3-5-13)14(18)10-6-11(15(19)20)8-12(16)7-10/h6-9,13H,3-5H2,1-2H3,(H,19,20). The summed E-state index contributed by atoms with van der Waals surface area (Å²) >= 11 is 3.27. The average molecular weight is 340 g/mol. The molecule has 1 aromatic carbocycles. The van der Waals surface area contributed by atoms with Crippen molar-refractivity contribution in [3.63, 3.8) is 0 Å². The summed E-state index contributed by atoms with van der Waals surface area (Å²) in [5, 5.41) is 9.08. The maximum Gasteiger partial charge on any atom is 0.335 e. The molecule has 2 rings (SSSR count). The predicted octanol–water partition coefficient (Wildman–Crippen LogP) is 3.55. The molecule has 20 heavy (non-hydrogen) atoms. The van der Waals surface area contributed by atoms with Crippen LogP contribution in [0.25, 0.3) is 0 Å². The van der Waals surface area contributed by atoms with E-state index >= 15 is 0 Å². The summed E-state index contributed by atoms with van der Waals surface area (Å²) in [6, 6.07) is 5.03. The van der Waals surface area contributed by atoms with Crippen LogP contribution in [0.1, 0.15) is 53.8 Å². The van der Waals surface area contributed by atoms with E-state index in [9.17, 15) is 9.59 Å². The Kier molecular flexibility index (Phi) is 4.48. The van der Waals surface area contributed by atoms with Gasteiger partial charge in [-0.3, -0.25) is 4.79 Å². The van der Waals surface area contributed by atoms with Gasteiger partial charge in [-0.25, -0.2) is 4.79 Å². The SMILES string of the molecule is CC(C)N(C(=O)c1cc(Br)cc(C(=O)O)c1)C1CCC1. The van der Waals surface area contributed by atoms with Crippen molar-refractivity contribution in [3.05, 3.63) is 33.8 Å². The third kappa shape index (κ3) is 3.03. The van der Waals surface area contributed by atoms with Crippen molar-refractivity contribution >= 4 is 27.8 Å². The molecule has 0 bridgehead atoms. The molecule has 1 aliphatic rings. The third-order valence-electron chi connectivity index (χ3n) is 3.65. The number of amides is 1. The van der Waals surface area contributed by atoms with E-state index in [1.807, 2.05) is 18.7 Å². The van der Waals surface area contributed by atoms with Gasteiger partial charge in [0.05, 0.1) is 5.56 Å². The number of benzene rings is 1. The van der Waals surface area contributed by atoms with Crippen molar-refractivity contribution in [1.82, 2.24) is 4.90 Å². The minimum absolute atomic E-state index is 0.0894. The molecule has 0 radical (unpaired) electrons. The highest BCUT2D eigenvalue weighted by Crippen LogP contribution is 2.28. The lowest BCUT2D eigenvalue weighted by atomic mass is 9.90. The molecule has 0 unspecified atom stereocenters. The highest BCUT2D eigenvalue weighted by molar-refractivity contribution is 9.10. The van der Waals surface area contributed by atoms with Gasteiger partial charge in [-0.05, 0) is 51.3 Å². The van der Waals surface area contributed by atoms with Crippen LogP contribution in [0.15, 0.2) is 22.7 Å². The number of carboxylic acid groups (broad SMARTS) is 1. The van der Waals surface area contributed by atoms with Crippen LogP contribution in [0.4, 0.5) is 0 Å². The summed E-state index contributed by atoms with van der Waals surface area (Å²) in [5.41, 5.74) is 0.553. The Hall–Kier alpha value is -1.36. The maximum atomic E-state index is 12.7. The van der Waals surface area contributed by atoms with Crippen LogP contribution in [-0.4, -0.2) is 34.0 Å². The third-order valence-corrected chi connectivity index (χ3v) is 4.11. The van der Waals surface area contributed by atoms with E-state index in [0.29, 0.717) is 10.0 Å². The van der Waals surface area contributed by atoms with Crippen LogP contribution >= 0.6 is 15.9 Å². The number of hydrogen-bond donors (Lipinski definition) is 1. The molecule has 0 aromatic heterocycles. The summed E-state index contributed by atoms with van der Waals surface area (Å²) in [4.78, 5) is 25.6. The molecule has 108 valence electrons. The smallest absolute Gasteiger partial charge is 0.335 e. The molecule has 5 heteroatoms. The van der Waals surface area contributed by atoms with E-state index in [4.69, 9.17) is 5.11 Å². The maximum absolute atomic E-state index is 12.7. The van der Waals surface area contributed by atoms with Crippen LogP contribution in [0.3, 0.4) is 0 Å². The van der Waals surface area contributed by atoms with Crippen LogP contribution < -0.4 is 0 Å². The first-order chi connectivity index (χ1) is 9.40. The highest BCUT2D eigenvalue weighted by atomic mass is 79.9. The van der Waals surface area contributed by atoms with Gasteiger partial charge < -0.3 is 10.0 Å². The number of carbonyl (C=O) groups excluding carboxylic acids is 1. The van der Waals surface area contributed by atoms with Crippen molar-refractivity contribution in [3.8, 4) is 0 Å². The van der Waals surface area contributed by atoms with Crippen LogP contribution in [0, 0.1) is 0 Å². The molecule has 4 nitrogen and oxygen atoms in total. The fraction of sp³-hybridized carbons (Fsp3) is 0.467.